The Balaban J connectivity index is 2.58. The molecule has 1 rings (SSSR count). The summed E-state index contributed by atoms with van der Waals surface area (Å²) in [5.41, 5.74) is 1.07. The fraction of sp³-hybridized carbons (Fsp3) is 0.538. The van der Waals surface area contributed by atoms with Gasteiger partial charge in [-0.1, -0.05) is 19.9 Å². The zero-order chi connectivity index (χ0) is 14.5. The van der Waals surface area contributed by atoms with Gasteiger partial charge in [0.25, 0.3) is 0 Å². The van der Waals surface area contributed by atoms with Crippen molar-refractivity contribution >= 4 is 0 Å². The Morgan fingerprint density at radius 3 is 2.32 bits per heavy atom. The number of halogens is 3. The topological polar surface area (TPSA) is 27.7 Å². The van der Waals surface area contributed by atoms with Crippen LogP contribution in [0.5, 0.6) is 11.5 Å². The molecule has 0 unspecified atom stereocenters. The molecule has 0 spiro atoms. The highest BCUT2D eigenvalue weighted by molar-refractivity contribution is 5.43. The molecule has 0 radical (unpaired) electrons. The van der Waals surface area contributed by atoms with Crippen molar-refractivity contribution < 1.29 is 27.4 Å². The van der Waals surface area contributed by atoms with Gasteiger partial charge in [0.05, 0.1) is 13.7 Å². The molecule has 3 nitrogen and oxygen atoms in total. The molecule has 0 atom stereocenters. The lowest BCUT2D eigenvalue weighted by molar-refractivity contribution is -0.325. The molecular formula is C13H17F3O3. The van der Waals surface area contributed by atoms with Crippen molar-refractivity contribution in [2.45, 2.75) is 26.1 Å². The molecule has 108 valence electrons. The lowest BCUT2D eigenvalue weighted by atomic mass is 10.0. The smallest absolute Gasteiger partial charge is 0.493 e. The van der Waals surface area contributed by atoms with Gasteiger partial charge in [0, 0.05) is 0 Å². The summed E-state index contributed by atoms with van der Waals surface area (Å²) in [6.07, 6.45) is -4.63. The summed E-state index contributed by atoms with van der Waals surface area (Å²) in [7, 11) is 1.48. The predicted molar refractivity (Wildman–Crippen MR) is 64.6 cm³/mol. The van der Waals surface area contributed by atoms with Crippen LogP contribution in [0.15, 0.2) is 18.2 Å². The van der Waals surface area contributed by atoms with Crippen LogP contribution in [0.3, 0.4) is 0 Å². The third kappa shape index (κ3) is 5.38. The summed E-state index contributed by atoms with van der Waals surface area (Å²) in [4.78, 5) is 0. The third-order valence-electron chi connectivity index (χ3n) is 2.46. The number of alkyl halides is 3. The maximum atomic E-state index is 11.8. The Morgan fingerprint density at radius 2 is 1.79 bits per heavy atom. The van der Waals surface area contributed by atoms with Crippen LogP contribution < -0.4 is 9.47 Å². The Hall–Kier alpha value is -1.43. The van der Waals surface area contributed by atoms with Crippen molar-refractivity contribution in [2.24, 2.45) is 0 Å². The molecule has 0 aliphatic heterocycles. The van der Waals surface area contributed by atoms with E-state index in [9.17, 15) is 13.2 Å². The molecule has 0 aliphatic carbocycles. The van der Waals surface area contributed by atoms with Gasteiger partial charge in [0.2, 0.25) is 0 Å². The molecule has 1 aromatic carbocycles. The van der Waals surface area contributed by atoms with Crippen LogP contribution in [0.4, 0.5) is 13.2 Å². The van der Waals surface area contributed by atoms with E-state index < -0.39 is 13.0 Å². The zero-order valence-electron chi connectivity index (χ0n) is 11.1. The van der Waals surface area contributed by atoms with Gasteiger partial charge in [-0.3, -0.25) is 4.74 Å². The molecule has 0 saturated heterocycles. The molecule has 0 aromatic heterocycles. The summed E-state index contributed by atoms with van der Waals surface area (Å²) in [6, 6.07) is 5.35. The maximum absolute atomic E-state index is 11.8. The molecule has 19 heavy (non-hydrogen) atoms. The van der Waals surface area contributed by atoms with Gasteiger partial charge < -0.3 is 9.47 Å². The van der Waals surface area contributed by atoms with Crippen LogP contribution in [0.25, 0.3) is 0 Å². The molecule has 0 saturated carbocycles. The number of benzene rings is 1. The molecule has 0 heterocycles. The average Bonchev–Trinajstić information content (AvgIpc) is 2.33. The second-order valence-corrected chi connectivity index (χ2v) is 4.21. The minimum Gasteiger partial charge on any atom is -0.493 e. The molecule has 1 aromatic rings. The monoisotopic (exact) mass is 278 g/mol. The lowest BCUT2D eigenvalue weighted by Crippen LogP contribution is -2.18. The van der Waals surface area contributed by atoms with Crippen molar-refractivity contribution in [3.63, 3.8) is 0 Å². The molecule has 0 N–H and O–H groups in total. The average molecular weight is 278 g/mol. The van der Waals surface area contributed by atoms with Crippen molar-refractivity contribution in [3.8, 4) is 11.5 Å². The van der Waals surface area contributed by atoms with Gasteiger partial charge in [0.15, 0.2) is 11.5 Å². The number of hydrogen-bond donors (Lipinski definition) is 0. The maximum Gasteiger partial charge on any atom is 0.522 e. The van der Waals surface area contributed by atoms with Crippen LogP contribution in [0.2, 0.25) is 0 Å². The Bertz CT molecular complexity index is 403. The van der Waals surface area contributed by atoms with E-state index in [1.807, 2.05) is 26.0 Å². The fourth-order valence-corrected chi connectivity index (χ4v) is 1.47. The van der Waals surface area contributed by atoms with E-state index in [4.69, 9.17) is 9.47 Å². The highest BCUT2D eigenvalue weighted by Gasteiger charge is 2.28. The van der Waals surface area contributed by atoms with Crippen LogP contribution in [-0.2, 0) is 4.74 Å². The first-order valence-corrected chi connectivity index (χ1v) is 5.85. The minimum absolute atomic E-state index is 0.198. The van der Waals surface area contributed by atoms with E-state index in [1.165, 1.54) is 7.11 Å². The summed E-state index contributed by atoms with van der Waals surface area (Å²) in [6.45, 7) is 3.31. The normalized spacial score (nSPS) is 11.7. The van der Waals surface area contributed by atoms with E-state index in [0.29, 0.717) is 17.4 Å². The molecule has 6 heteroatoms. The summed E-state index contributed by atoms with van der Waals surface area (Å²) in [5.74, 6) is 1.23. The van der Waals surface area contributed by atoms with E-state index in [1.54, 1.807) is 6.07 Å². The van der Waals surface area contributed by atoms with E-state index in [2.05, 4.69) is 4.74 Å². The number of rotatable bonds is 6. The van der Waals surface area contributed by atoms with Gasteiger partial charge in [-0.05, 0) is 23.6 Å². The van der Waals surface area contributed by atoms with Crippen molar-refractivity contribution in [3.05, 3.63) is 23.8 Å². The molecular weight excluding hydrogens is 261 g/mol. The summed E-state index contributed by atoms with van der Waals surface area (Å²) >= 11 is 0. The SMILES string of the molecule is COc1cc(C(C)C)ccc1OCCOC(F)(F)F. The molecule has 0 amide bonds. The Labute approximate surface area is 110 Å². The van der Waals surface area contributed by atoms with Gasteiger partial charge in [-0.2, -0.15) is 0 Å². The summed E-state index contributed by atoms with van der Waals surface area (Å²) < 4.78 is 49.3. The molecule has 0 bridgehead atoms. The van der Waals surface area contributed by atoms with Gasteiger partial charge in [0.1, 0.15) is 6.61 Å². The Kier molecular flexibility index (Phi) is 5.47. The van der Waals surface area contributed by atoms with Crippen molar-refractivity contribution in [1.29, 1.82) is 0 Å². The standard InChI is InChI=1S/C13H17F3O3/c1-9(2)10-4-5-11(12(8-10)17-3)18-6-7-19-13(14,15)16/h4-5,8-9H,6-7H2,1-3H3. The zero-order valence-corrected chi connectivity index (χ0v) is 11.1. The Morgan fingerprint density at radius 1 is 1.11 bits per heavy atom. The highest BCUT2D eigenvalue weighted by atomic mass is 19.4. The largest absolute Gasteiger partial charge is 0.522 e. The second kappa shape index (κ2) is 6.65. The van der Waals surface area contributed by atoms with Crippen LogP contribution >= 0.6 is 0 Å². The molecule has 0 aliphatic rings. The lowest BCUT2D eigenvalue weighted by Gasteiger charge is -2.14. The summed E-state index contributed by atoms with van der Waals surface area (Å²) in [5, 5.41) is 0. The highest BCUT2D eigenvalue weighted by Crippen LogP contribution is 2.30. The van der Waals surface area contributed by atoms with Crippen molar-refractivity contribution in [1.82, 2.24) is 0 Å². The first kappa shape index (κ1) is 15.6. The van der Waals surface area contributed by atoms with E-state index in [-0.39, 0.29) is 6.61 Å². The van der Waals surface area contributed by atoms with E-state index in [0.717, 1.165) is 5.56 Å². The first-order valence-electron chi connectivity index (χ1n) is 5.85. The number of hydrogen-bond acceptors (Lipinski definition) is 3. The van der Waals surface area contributed by atoms with Crippen molar-refractivity contribution in [2.75, 3.05) is 20.3 Å². The van der Waals surface area contributed by atoms with Crippen LogP contribution in [-0.4, -0.2) is 26.7 Å². The minimum atomic E-state index is -4.63. The number of ether oxygens (including phenoxy) is 3. The molecule has 0 fully saturated rings. The second-order valence-electron chi connectivity index (χ2n) is 4.21. The third-order valence-corrected chi connectivity index (χ3v) is 2.46. The fourth-order valence-electron chi connectivity index (χ4n) is 1.47. The van der Waals surface area contributed by atoms with Crippen LogP contribution in [0, 0.1) is 0 Å². The van der Waals surface area contributed by atoms with E-state index >= 15 is 0 Å². The number of methoxy groups -OCH3 is 1. The quantitative estimate of drug-likeness (QED) is 0.742. The van der Waals surface area contributed by atoms with Gasteiger partial charge >= 0.3 is 6.36 Å². The first-order chi connectivity index (χ1) is 8.83. The van der Waals surface area contributed by atoms with Crippen LogP contribution in [0.1, 0.15) is 25.3 Å². The predicted octanol–water partition coefficient (Wildman–Crippen LogP) is 3.73. The van der Waals surface area contributed by atoms with Gasteiger partial charge in [-0.25, -0.2) is 0 Å². The van der Waals surface area contributed by atoms with Gasteiger partial charge in [-0.15, -0.1) is 13.2 Å².